The maximum atomic E-state index is 13.1. The van der Waals surface area contributed by atoms with E-state index in [2.05, 4.69) is 17.1 Å². The van der Waals surface area contributed by atoms with E-state index in [4.69, 9.17) is 11.6 Å². The minimum atomic E-state index is -0.345. The number of rotatable bonds is 5. The molecule has 0 aliphatic carbocycles. The average molecular weight is 285 g/mol. The Labute approximate surface area is 119 Å². The lowest BCUT2D eigenvalue weighted by molar-refractivity contribution is 0.226. The van der Waals surface area contributed by atoms with Gasteiger partial charge in [-0.3, -0.25) is 4.90 Å². The normalized spacial score (nSPS) is 19.9. The summed E-state index contributed by atoms with van der Waals surface area (Å²) < 4.78 is 13.1. The van der Waals surface area contributed by atoms with Gasteiger partial charge in [0.05, 0.1) is 5.02 Å². The van der Waals surface area contributed by atoms with Crippen molar-refractivity contribution in [2.75, 3.05) is 19.6 Å². The number of nitrogens with zero attached hydrogens (tertiary/aromatic N) is 1. The first kappa shape index (κ1) is 14.8. The smallest absolute Gasteiger partial charge is 0.141 e. The molecule has 0 saturated carbocycles. The van der Waals surface area contributed by atoms with Gasteiger partial charge in [-0.05, 0) is 43.6 Å². The quantitative estimate of drug-likeness (QED) is 0.891. The largest absolute Gasteiger partial charge is 0.313 e. The summed E-state index contributed by atoms with van der Waals surface area (Å²) in [4.78, 5) is 2.38. The maximum absolute atomic E-state index is 13.1. The highest BCUT2D eigenvalue weighted by molar-refractivity contribution is 6.30. The first-order valence-corrected chi connectivity index (χ1v) is 7.46. The third-order valence-corrected chi connectivity index (χ3v) is 4.02. The SMILES string of the molecule is CCN(Cc1ccc(F)c(Cl)c1)CC1CCCCN1. The second-order valence-electron chi connectivity index (χ2n) is 5.22. The van der Waals surface area contributed by atoms with Crippen LogP contribution in [-0.2, 0) is 6.54 Å². The first-order chi connectivity index (χ1) is 9.19. The molecule has 1 aromatic rings. The van der Waals surface area contributed by atoms with Gasteiger partial charge in [0, 0.05) is 19.1 Å². The summed E-state index contributed by atoms with van der Waals surface area (Å²) in [5.74, 6) is -0.345. The molecule has 2 nitrogen and oxygen atoms in total. The molecule has 0 radical (unpaired) electrons. The molecular weight excluding hydrogens is 263 g/mol. The van der Waals surface area contributed by atoms with Crippen molar-refractivity contribution in [1.29, 1.82) is 0 Å². The highest BCUT2D eigenvalue weighted by Gasteiger charge is 2.16. The van der Waals surface area contributed by atoms with Gasteiger partial charge in [-0.1, -0.05) is 31.0 Å². The molecule has 1 heterocycles. The summed E-state index contributed by atoms with van der Waals surface area (Å²) in [5.41, 5.74) is 1.07. The summed E-state index contributed by atoms with van der Waals surface area (Å²) in [6.07, 6.45) is 3.86. The molecule has 0 bridgehead atoms. The van der Waals surface area contributed by atoms with Crippen LogP contribution in [0.25, 0.3) is 0 Å². The van der Waals surface area contributed by atoms with Gasteiger partial charge < -0.3 is 5.32 Å². The van der Waals surface area contributed by atoms with E-state index in [0.717, 1.165) is 31.7 Å². The van der Waals surface area contributed by atoms with Gasteiger partial charge >= 0.3 is 0 Å². The molecule has 0 amide bonds. The molecule has 1 aliphatic heterocycles. The van der Waals surface area contributed by atoms with E-state index in [1.54, 1.807) is 6.07 Å². The average Bonchev–Trinajstić information content (AvgIpc) is 2.43. The van der Waals surface area contributed by atoms with E-state index >= 15 is 0 Å². The van der Waals surface area contributed by atoms with Crippen molar-refractivity contribution in [3.63, 3.8) is 0 Å². The highest BCUT2D eigenvalue weighted by atomic mass is 35.5. The Morgan fingerprint density at radius 1 is 1.42 bits per heavy atom. The second kappa shape index (κ2) is 7.22. The molecule has 2 rings (SSSR count). The predicted octanol–water partition coefficient (Wildman–Crippen LogP) is 3.44. The van der Waals surface area contributed by atoms with E-state index < -0.39 is 0 Å². The Kier molecular flexibility index (Phi) is 5.61. The zero-order valence-electron chi connectivity index (χ0n) is 11.5. The van der Waals surface area contributed by atoms with E-state index in [0.29, 0.717) is 6.04 Å². The van der Waals surface area contributed by atoms with Crippen LogP contribution in [0.3, 0.4) is 0 Å². The summed E-state index contributed by atoms with van der Waals surface area (Å²) in [6, 6.07) is 5.58. The summed E-state index contributed by atoms with van der Waals surface area (Å²) in [6.45, 7) is 6.16. The molecular formula is C15H22ClFN2. The highest BCUT2D eigenvalue weighted by Crippen LogP contribution is 2.18. The fourth-order valence-corrected chi connectivity index (χ4v) is 2.80. The van der Waals surface area contributed by atoms with Crippen molar-refractivity contribution < 1.29 is 4.39 Å². The Balaban J connectivity index is 1.92. The molecule has 1 aromatic carbocycles. The van der Waals surface area contributed by atoms with Crippen LogP contribution in [0, 0.1) is 5.82 Å². The third-order valence-electron chi connectivity index (χ3n) is 3.73. The van der Waals surface area contributed by atoms with Crippen LogP contribution in [0.5, 0.6) is 0 Å². The molecule has 1 fully saturated rings. The Morgan fingerprint density at radius 2 is 2.26 bits per heavy atom. The zero-order valence-corrected chi connectivity index (χ0v) is 12.2. The Morgan fingerprint density at radius 3 is 2.89 bits per heavy atom. The Bertz CT molecular complexity index is 405. The molecule has 4 heteroatoms. The first-order valence-electron chi connectivity index (χ1n) is 7.08. The minimum Gasteiger partial charge on any atom is -0.313 e. The van der Waals surface area contributed by atoms with Crippen molar-refractivity contribution in [2.24, 2.45) is 0 Å². The molecule has 1 atom stereocenters. The molecule has 1 saturated heterocycles. The van der Waals surface area contributed by atoms with Gasteiger partial charge in [-0.25, -0.2) is 4.39 Å². The molecule has 1 unspecified atom stereocenters. The third kappa shape index (κ3) is 4.44. The van der Waals surface area contributed by atoms with Gasteiger partial charge in [0.2, 0.25) is 0 Å². The molecule has 106 valence electrons. The van der Waals surface area contributed by atoms with Crippen LogP contribution in [0.15, 0.2) is 18.2 Å². The number of hydrogen-bond donors (Lipinski definition) is 1. The topological polar surface area (TPSA) is 15.3 Å². The van der Waals surface area contributed by atoms with E-state index in [1.165, 1.54) is 25.3 Å². The van der Waals surface area contributed by atoms with Gasteiger partial charge in [0.25, 0.3) is 0 Å². The van der Waals surface area contributed by atoms with E-state index in [-0.39, 0.29) is 10.8 Å². The number of likely N-dealkylation sites (N-methyl/N-ethyl adjacent to an activating group) is 1. The fraction of sp³-hybridized carbons (Fsp3) is 0.600. The predicted molar refractivity (Wildman–Crippen MR) is 78.0 cm³/mol. The van der Waals surface area contributed by atoms with Crippen molar-refractivity contribution >= 4 is 11.6 Å². The van der Waals surface area contributed by atoms with Crippen LogP contribution in [0.2, 0.25) is 5.02 Å². The molecule has 0 spiro atoms. The van der Waals surface area contributed by atoms with Gasteiger partial charge in [0.15, 0.2) is 0 Å². The number of piperidine rings is 1. The zero-order chi connectivity index (χ0) is 13.7. The number of benzene rings is 1. The second-order valence-corrected chi connectivity index (χ2v) is 5.63. The van der Waals surface area contributed by atoms with Crippen molar-refractivity contribution in [3.05, 3.63) is 34.6 Å². The number of hydrogen-bond acceptors (Lipinski definition) is 2. The van der Waals surface area contributed by atoms with E-state index in [1.807, 2.05) is 6.07 Å². The standard InChI is InChI=1S/C15H22ClFN2/c1-2-19(11-13-5-3-4-8-18-13)10-12-6-7-15(17)14(16)9-12/h6-7,9,13,18H,2-5,8,10-11H2,1H3. The number of nitrogens with one attached hydrogen (secondary N) is 1. The summed E-state index contributed by atoms with van der Waals surface area (Å²) in [7, 11) is 0. The van der Waals surface area contributed by atoms with Crippen molar-refractivity contribution in [1.82, 2.24) is 10.2 Å². The summed E-state index contributed by atoms with van der Waals surface area (Å²) >= 11 is 5.83. The molecule has 1 N–H and O–H groups in total. The van der Waals surface area contributed by atoms with Crippen molar-refractivity contribution in [2.45, 2.75) is 38.8 Å². The number of halogens is 2. The van der Waals surface area contributed by atoms with Gasteiger partial charge in [-0.2, -0.15) is 0 Å². The van der Waals surface area contributed by atoms with Gasteiger partial charge in [0.1, 0.15) is 5.82 Å². The lowest BCUT2D eigenvalue weighted by Crippen LogP contribution is -2.43. The maximum Gasteiger partial charge on any atom is 0.141 e. The van der Waals surface area contributed by atoms with Gasteiger partial charge in [-0.15, -0.1) is 0 Å². The van der Waals surface area contributed by atoms with Crippen LogP contribution in [0.4, 0.5) is 4.39 Å². The Hall–Kier alpha value is -0.640. The van der Waals surface area contributed by atoms with Crippen LogP contribution < -0.4 is 5.32 Å². The van der Waals surface area contributed by atoms with Crippen LogP contribution in [0.1, 0.15) is 31.7 Å². The lowest BCUT2D eigenvalue weighted by Gasteiger charge is -2.30. The molecule has 19 heavy (non-hydrogen) atoms. The van der Waals surface area contributed by atoms with E-state index in [9.17, 15) is 4.39 Å². The minimum absolute atomic E-state index is 0.212. The van der Waals surface area contributed by atoms with Crippen LogP contribution >= 0.6 is 11.6 Å². The monoisotopic (exact) mass is 284 g/mol. The molecule has 1 aliphatic rings. The van der Waals surface area contributed by atoms with Crippen LogP contribution in [-0.4, -0.2) is 30.6 Å². The summed E-state index contributed by atoms with van der Waals surface area (Å²) in [5, 5.41) is 3.77. The lowest BCUT2D eigenvalue weighted by atomic mass is 10.0. The molecule has 0 aromatic heterocycles. The fourth-order valence-electron chi connectivity index (χ4n) is 2.59. The van der Waals surface area contributed by atoms with Crippen molar-refractivity contribution in [3.8, 4) is 0 Å².